The topological polar surface area (TPSA) is 57.2 Å². The molecule has 26 heavy (non-hydrogen) atoms. The lowest BCUT2D eigenvalue weighted by molar-refractivity contribution is 0.00578. The number of amides is 1. The second-order valence-corrected chi connectivity index (χ2v) is 7.88. The first-order chi connectivity index (χ1) is 12.3. The summed E-state index contributed by atoms with van der Waals surface area (Å²) in [7, 11) is -0.445. The van der Waals surface area contributed by atoms with E-state index < -0.39 is 18.3 Å². The van der Waals surface area contributed by atoms with Gasteiger partial charge in [-0.25, -0.2) is 4.79 Å². The van der Waals surface area contributed by atoms with Crippen LogP contribution < -0.4 is 10.2 Å². The largest absolute Gasteiger partial charge is 0.494 e. The summed E-state index contributed by atoms with van der Waals surface area (Å²) in [4.78, 5) is 13.7. The van der Waals surface area contributed by atoms with E-state index in [4.69, 9.17) is 18.8 Å². The van der Waals surface area contributed by atoms with Crippen molar-refractivity contribution in [3.63, 3.8) is 0 Å². The smallest absolute Gasteiger partial charge is 0.457 e. The van der Waals surface area contributed by atoms with Gasteiger partial charge in [0, 0.05) is 13.1 Å². The lowest BCUT2D eigenvalue weighted by atomic mass is 9.79. The zero-order valence-corrected chi connectivity index (χ0v) is 16.1. The second-order valence-electron chi connectivity index (χ2n) is 7.88. The minimum absolute atomic E-state index is 0.109. The van der Waals surface area contributed by atoms with Crippen LogP contribution in [-0.2, 0) is 14.0 Å². The maximum Gasteiger partial charge on any atom is 0.494 e. The van der Waals surface area contributed by atoms with E-state index in [1.54, 1.807) is 4.90 Å². The number of hydrogen-bond acceptors (Lipinski definition) is 5. The molecule has 0 unspecified atom stereocenters. The summed E-state index contributed by atoms with van der Waals surface area (Å²) >= 11 is 0. The molecular weight excluding hydrogens is 333 g/mol. The fraction of sp³-hybridized carbons (Fsp3) is 0.632. The van der Waals surface area contributed by atoms with Gasteiger partial charge in [-0.1, -0.05) is 12.1 Å². The molecule has 0 aromatic heterocycles. The van der Waals surface area contributed by atoms with E-state index in [2.05, 4.69) is 0 Å². The zero-order valence-electron chi connectivity index (χ0n) is 16.1. The Bertz CT molecular complexity index is 627. The molecule has 2 saturated heterocycles. The van der Waals surface area contributed by atoms with Crippen LogP contribution in [-0.4, -0.2) is 49.2 Å². The molecule has 142 valence electrons. The normalized spacial score (nSPS) is 21.5. The van der Waals surface area contributed by atoms with E-state index in [1.807, 2.05) is 52.0 Å². The highest BCUT2D eigenvalue weighted by Gasteiger charge is 2.51. The van der Waals surface area contributed by atoms with Gasteiger partial charge in [0.1, 0.15) is 5.75 Å². The highest BCUT2D eigenvalue weighted by molar-refractivity contribution is 6.62. The van der Waals surface area contributed by atoms with Crippen molar-refractivity contribution in [3.05, 3.63) is 24.3 Å². The second kappa shape index (κ2) is 7.49. The van der Waals surface area contributed by atoms with Gasteiger partial charge in [-0.3, -0.25) is 0 Å². The van der Waals surface area contributed by atoms with Crippen LogP contribution in [0.5, 0.6) is 5.75 Å². The average molecular weight is 361 g/mol. The van der Waals surface area contributed by atoms with Gasteiger partial charge in [0.05, 0.1) is 11.2 Å². The van der Waals surface area contributed by atoms with Crippen molar-refractivity contribution in [3.8, 4) is 5.75 Å². The fourth-order valence-electron chi connectivity index (χ4n) is 3.05. The van der Waals surface area contributed by atoms with Gasteiger partial charge >= 0.3 is 13.2 Å². The Balaban J connectivity index is 1.54. The Morgan fingerprint density at radius 2 is 1.77 bits per heavy atom. The molecule has 6 nitrogen and oxygen atoms in total. The van der Waals surface area contributed by atoms with E-state index >= 15 is 0 Å². The maximum absolute atomic E-state index is 12.0. The number of piperidine rings is 1. The van der Waals surface area contributed by atoms with Crippen molar-refractivity contribution >= 4 is 18.7 Å². The number of likely N-dealkylation sites (tertiary alicyclic amines) is 1. The number of hydrogen-bond donors (Lipinski definition) is 0. The van der Waals surface area contributed by atoms with Crippen LogP contribution in [0, 0.1) is 0 Å². The van der Waals surface area contributed by atoms with Gasteiger partial charge in [0.25, 0.3) is 0 Å². The quantitative estimate of drug-likeness (QED) is 0.610. The molecule has 2 aliphatic heterocycles. The van der Waals surface area contributed by atoms with E-state index in [1.165, 1.54) is 6.42 Å². The number of rotatable bonds is 4. The molecule has 2 fully saturated rings. The standard InChI is InChI=1S/C19H28BNO5/c1-18(2)19(3,4)26-20(25-18)15-9-8-10-16(13-15)23-14-24-17(22)21-11-6-5-7-12-21/h8-10,13H,5-7,11-12,14H2,1-4H3. The van der Waals surface area contributed by atoms with E-state index in [9.17, 15) is 4.79 Å². The highest BCUT2D eigenvalue weighted by Crippen LogP contribution is 2.36. The first-order valence-corrected chi connectivity index (χ1v) is 9.29. The molecule has 0 aliphatic carbocycles. The third kappa shape index (κ3) is 4.15. The Kier molecular flexibility index (Phi) is 5.48. The molecule has 2 heterocycles. The van der Waals surface area contributed by atoms with Gasteiger partial charge in [-0.05, 0) is 64.6 Å². The number of benzene rings is 1. The zero-order chi connectivity index (χ0) is 18.8. The lowest BCUT2D eigenvalue weighted by Crippen LogP contribution is -2.41. The van der Waals surface area contributed by atoms with E-state index in [0.29, 0.717) is 5.75 Å². The van der Waals surface area contributed by atoms with E-state index in [-0.39, 0.29) is 12.9 Å². The van der Waals surface area contributed by atoms with Crippen LogP contribution >= 0.6 is 0 Å². The molecule has 1 amide bonds. The summed E-state index contributed by atoms with van der Waals surface area (Å²) in [5.74, 6) is 0.614. The summed E-state index contributed by atoms with van der Waals surface area (Å²) in [5.41, 5.74) is 0.0975. The molecule has 1 aromatic carbocycles. The average Bonchev–Trinajstić information content (AvgIpc) is 2.84. The maximum atomic E-state index is 12.0. The first kappa shape index (κ1) is 19.0. The number of ether oxygens (including phenoxy) is 2. The van der Waals surface area contributed by atoms with Gasteiger partial charge in [-0.15, -0.1) is 0 Å². The molecule has 0 saturated carbocycles. The molecule has 1 aromatic rings. The molecule has 0 bridgehead atoms. The molecule has 2 aliphatic rings. The van der Waals surface area contributed by atoms with Gasteiger partial charge in [0.15, 0.2) is 0 Å². The van der Waals surface area contributed by atoms with Crippen LogP contribution in [0.25, 0.3) is 0 Å². The Labute approximate surface area is 155 Å². The van der Waals surface area contributed by atoms with Crippen LogP contribution in [0.3, 0.4) is 0 Å². The van der Waals surface area contributed by atoms with Crippen molar-refractivity contribution in [2.45, 2.75) is 58.2 Å². The molecular formula is C19H28BNO5. The van der Waals surface area contributed by atoms with Crippen molar-refractivity contribution < 1.29 is 23.6 Å². The first-order valence-electron chi connectivity index (χ1n) is 9.29. The number of carbonyl (C=O) groups is 1. The third-order valence-corrected chi connectivity index (χ3v) is 5.41. The van der Waals surface area contributed by atoms with Gasteiger partial charge in [-0.2, -0.15) is 0 Å². The predicted octanol–water partition coefficient (Wildman–Crippen LogP) is 2.94. The third-order valence-electron chi connectivity index (χ3n) is 5.41. The summed E-state index contributed by atoms with van der Waals surface area (Å²) in [6, 6.07) is 7.50. The van der Waals surface area contributed by atoms with Crippen LogP contribution in [0.4, 0.5) is 4.79 Å². The van der Waals surface area contributed by atoms with Crippen LogP contribution in [0.1, 0.15) is 47.0 Å². The monoisotopic (exact) mass is 361 g/mol. The highest BCUT2D eigenvalue weighted by atomic mass is 16.7. The Morgan fingerprint density at radius 3 is 2.42 bits per heavy atom. The lowest BCUT2D eigenvalue weighted by Gasteiger charge is -2.32. The van der Waals surface area contributed by atoms with Gasteiger partial charge in [0.2, 0.25) is 6.79 Å². The Hall–Kier alpha value is -1.73. The van der Waals surface area contributed by atoms with Gasteiger partial charge < -0.3 is 23.7 Å². The Morgan fingerprint density at radius 1 is 1.12 bits per heavy atom. The molecule has 3 rings (SSSR count). The SMILES string of the molecule is CC1(C)OB(c2cccc(OCOC(=O)N3CCCCC3)c2)OC1(C)C. The summed E-state index contributed by atoms with van der Waals surface area (Å²) in [6.45, 7) is 9.50. The molecule has 0 radical (unpaired) electrons. The predicted molar refractivity (Wildman–Crippen MR) is 99.6 cm³/mol. The fourth-order valence-corrected chi connectivity index (χ4v) is 3.05. The molecule has 0 N–H and O–H groups in total. The molecule has 0 spiro atoms. The van der Waals surface area contributed by atoms with Crippen molar-refractivity contribution in [1.82, 2.24) is 4.90 Å². The van der Waals surface area contributed by atoms with Crippen molar-refractivity contribution in [2.24, 2.45) is 0 Å². The van der Waals surface area contributed by atoms with Crippen molar-refractivity contribution in [1.29, 1.82) is 0 Å². The van der Waals surface area contributed by atoms with Crippen molar-refractivity contribution in [2.75, 3.05) is 19.9 Å². The summed E-state index contributed by atoms with van der Waals surface area (Å²) < 4.78 is 22.9. The molecule has 0 atom stereocenters. The minimum Gasteiger partial charge on any atom is -0.457 e. The summed E-state index contributed by atoms with van der Waals surface area (Å²) in [5, 5.41) is 0. The molecule has 7 heteroatoms. The van der Waals surface area contributed by atoms with Crippen LogP contribution in [0.2, 0.25) is 0 Å². The summed E-state index contributed by atoms with van der Waals surface area (Å²) in [6.07, 6.45) is 2.93. The number of nitrogens with zero attached hydrogens (tertiary/aromatic N) is 1. The van der Waals surface area contributed by atoms with Crippen LogP contribution in [0.15, 0.2) is 24.3 Å². The number of carbonyl (C=O) groups excluding carboxylic acids is 1. The van der Waals surface area contributed by atoms with E-state index in [0.717, 1.165) is 31.4 Å². The minimum atomic E-state index is -0.445.